The highest BCUT2D eigenvalue weighted by Gasteiger charge is 2.22. The Balaban J connectivity index is 2.54. The first-order chi connectivity index (χ1) is 9.85. The van der Waals surface area contributed by atoms with Crippen LogP contribution in [0.3, 0.4) is 0 Å². The molecule has 7 heteroatoms. The normalized spacial score (nSPS) is 10.6. The molecule has 0 aliphatic heterocycles. The van der Waals surface area contributed by atoms with Crippen molar-refractivity contribution in [3.8, 4) is 5.75 Å². The number of rotatable bonds is 3. The molecule has 0 fully saturated rings. The van der Waals surface area contributed by atoms with Gasteiger partial charge in [-0.15, -0.1) is 0 Å². The van der Waals surface area contributed by atoms with Crippen molar-refractivity contribution in [3.63, 3.8) is 0 Å². The Morgan fingerprint density at radius 2 is 1.52 bits per heavy atom. The predicted molar refractivity (Wildman–Crippen MR) is 69.0 cm³/mol. The van der Waals surface area contributed by atoms with E-state index in [-0.39, 0.29) is 11.0 Å². The molecule has 0 heterocycles. The first-order valence-electron chi connectivity index (χ1n) is 5.87. The summed E-state index contributed by atoms with van der Waals surface area (Å²) in [5, 5.41) is 0. The third kappa shape index (κ3) is 2.86. The van der Waals surface area contributed by atoms with Gasteiger partial charge in [-0.1, -0.05) is 6.07 Å². The quantitative estimate of drug-likeness (QED) is 0.480. The Kier molecular flexibility index (Phi) is 4.20. The fraction of sp³-hybridized carbons (Fsp3) is 0.143. The molecule has 0 amide bonds. The monoisotopic (exact) mass is 299 g/mol. The summed E-state index contributed by atoms with van der Waals surface area (Å²) < 4.78 is 72.3. The van der Waals surface area contributed by atoms with Crippen molar-refractivity contribution in [2.45, 2.75) is 6.92 Å². The molecule has 0 aliphatic carbocycles. The van der Waals surface area contributed by atoms with Crippen LogP contribution in [-0.2, 0) is 0 Å². The van der Waals surface area contributed by atoms with Gasteiger partial charge in [-0.25, -0.2) is 22.0 Å². The molecule has 1 nitrogen and oxygen atoms in total. The van der Waals surface area contributed by atoms with Gasteiger partial charge in [-0.05, 0) is 23.4 Å². The maximum Gasteiger partial charge on any atom is 0.203 e. The minimum absolute atomic E-state index is 0.0897. The molecule has 0 saturated carbocycles. The number of benzene rings is 2. The lowest BCUT2D eigenvalue weighted by molar-refractivity contribution is 0.379. The largest absolute Gasteiger partial charge is 0.494 e. The van der Waals surface area contributed by atoms with Crippen molar-refractivity contribution >= 4 is 18.2 Å². The van der Waals surface area contributed by atoms with Gasteiger partial charge in [0.25, 0.3) is 0 Å². The lowest BCUT2D eigenvalue weighted by Gasteiger charge is -2.10. The standard InChI is InChI=1S/C14H9BF5O/c1-6-3-7(9(17)4-8(6)16)15-12-13(19)10(18)5-11(21-2)14(12)20/h3-5H,1-2H3. The predicted octanol–water partition coefficient (Wildman–Crippen LogP) is 2.35. The fourth-order valence-corrected chi connectivity index (χ4v) is 1.82. The molecule has 0 unspecified atom stereocenters. The Hall–Kier alpha value is -2.05. The summed E-state index contributed by atoms with van der Waals surface area (Å²) in [5.41, 5.74) is -0.969. The molecular formula is C14H9BF5O. The Morgan fingerprint density at radius 3 is 2.14 bits per heavy atom. The Morgan fingerprint density at radius 1 is 0.857 bits per heavy atom. The van der Waals surface area contributed by atoms with Crippen LogP contribution in [0.5, 0.6) is 5.75 Å². The van der Waals surface area contributed by atoms with Crippen LogP contribution in [0, 0.1) is 36.0 Å². The summed E-state index contributed by atoms with van der Waals surface area (Å²) in [6, 6.07) is 2.21. The maximum absolute atomic E-state index is 14.0. The second-order valence-electron chi connectivity index (χ2n) is 4.37. The van der Waals surface area contributed by atoms with E-state index >= 15 is 0 Å². The summed E-state index contributed by atoms with van der Waals surface area (Å²) in [4.78, 5) is 0. The van der Waals surface area contributed by atoms with Crippen LogP contribution in [-0.4, -0.2) is 14.4 Å². The summed E-state index contributed by atoms with van der Waals surface area (Å²) >= 11 is 0. The van der Waals surface area contributed by atoms with Gasteiger partial charge in [-0.2, -0.15) is 0 Å². The van der Waals surface area contributed by atoms with Crippen LogP contribution < -0.4 is 15.7 Å². The van der Waals surface area contributed by atoms with E-state index in [0.29, 0.717) is 12.1 Å². The zero-order valence-corrected chi connectivity index (χ0v) is 11.1. The number of methoxy groups -OCH3 is 1. The van der Waals surface area contributed by atoms with E-state index in [1.807, 2.05) is 0 Å². The SMILES string of the molecule is COc1cc(F)c(F)c([B]c2cc(C)c(F)cc2F)c1F. The van der Waals surface area contributed by atoms with Gasteiger partial charge in [-0.3, -0.25) is 0 Å². The summed E-state index contributed by atoms with van der Waals surface area (Å²) in [5.74, 6) is -6.30. The molecule has 0 spiro atoms. The molecule has 0 N–H and O–H groups in total. The van der Waals surface area contributed by atoms with Gasteiger partial charge >= 0.3 is 0 Å². The number of ether oxygens (including phenoxy) is 1. The van der Waals surface area contributed by atoms with Crippen molar-refractivity contribution in [3.05, 3.63) is 52.8 Å². The van der Waals surface area contributed by atoms with E-state index in [9.17, 15) is 22.0 Å². The smallest absolute Gasteiger partial charge is 0.203 e. The highest BCUT2D eigenvalue weighted by atomic mass is 19.2. The van der Waals surface area contributed by atoms with Crippen molar-refractivity contribution in [2.24, 2.45) is 0 Å². The van der Waals surface area contributed by atoms with Gasteiger partial charge in [0.15, 0.2) is 23.2 Å². The lowest BCUT2D eigenvalue weighted by atomic mass is 9.63. The number of hydrogen-bond acceptors (Lipinski definition) is 1. The van der Waals surface area contributed by atoms with E-state index < -0.39 is 40.3 Å². The second-order valence-corrected chi connectivity index (χ2v) is 4.37. The molecule has 109 valence electrons. The molecule has 21 heavy (non-hydrogen) atoms. The minimum Gasteiger partial charge on any atom is -0.494 e. The molecule has 0 atom stereocenters. The van der Waals surface area contributed by atoms with Gasteiger partial charge in [0.2, 0.25) is 7.28 Å². The van der Waals surface area contributed by atoms with Crippen molar-refractivity contribution in [1.29, 1.82) is 0 Å². The Labute approximate surface area is 118 Å². The van der Waals surface area contributed by atoms with E-state index in [0.717, 1.165) is 20.5 Å². The van der Waals surface area contributed by atoms with Crippen LogP contribution in [0.15, 0.2) is 18.2 Å². The van der Waals surface area contributed by atoms with Crippen molar-refractivity contribution in [1.82, 2.24) is 0 Å². The van der Waals surface area contributed by atoms with E-state index in [4.69, 9.17) is 0 Å². The third-order valence-electron chi connectivity index (χ3n) is 2.95. The Bertz CT molecular complexity index is 702. The van der Waals surface area contributed by atoms with Crippen molar-refractivity contribution < 1.29 is 26.7 Å². The highest BCUT2D eigenvalue weighted by Crippen LogP contribution is 2.18. The highest BCUT2D eigenvalue weighted by molar-refractivity contribution is 6.67. The molecule has 2 aromatic carbocycles. The van der Waals surface area contributed by atoms with Crippen LogP contribution >= 0.6 is 0 Å². The van der Waals surface area contributed by atoms with Crippen LogP contribution in [0.1, 0.15) is 5.56 Å². The molecule has 1 radical (unpaired) electrons. The molecule has 2 rings (SSSR count). The fourth-order valence-electron chi connectivity index (χ4n) is 1.82. The van der Waals surface area contributed by atoms with E-state index in [2.05, 4.69) is 4.74 Å². The number of hydrogen-bond donors (Lipinski definition) is 0. The van der Waals surface area contributed by atoms with Crippen molar-refractivity contribution in [2.75, 3.05) is 7.11 Å². The molecule has 0 saturated heterocycles. The molecule has 0 aliphatic rings. The number of aryl methyl sites for hydroxylation is 1. The first-order valence-corrected chi connectivity index (χ1v) is 5.87. The van der Waals surface area contributed by atoms with Gasteiger partial charge < -0.3 is 4.74 Å². The first kappa shape index (κ1) is 15.3. The van der Waals surface area contributed by atoms with Crippen LogP contribution in [0.25, 0.3) is 0 Å². The zero-order valence-electron chi connectivity index (χ0n) is 11.1. The molecule has 2 aromatic rings. The molecule has 0 bridgehead atoms. The zero-order chi connectivity index (χ0) is 15.7. The van der Waals surface area contributed by atoms with Gasteiger partial charge in [0, 0.05) is 12.1 Å². The molecular weight excluding hydrogens is 290 g/mol. The average Bonchev–Trinajstić information content (AvgIpc) is 2.44. The average molecular weight is 299 g/mol. The lowest BCUT2D eigenvalue weighted by Crippen LogP contribution is -2.35. The van der Waals surface area contributed by atoms with E-state index in [1.54, 1.807) is 0 Å². The van der Waals surface area contributed by atoms with E-state index in [1.165, 1.54) is 6.92 Å². The summed E-state index contributed by atoms with van der Waals surface area (Å²) in [6.45, 7) is 1.37. The third-order valence-corrected chi connectivity index (χ3v) is 2.95. The van der Waals surface area contributed by atoms with Gasteiger partial charge in [0.1, 0.15) is 11.6 Å². The van der Waals surface area contributed by atoms with Crippen LogP contribution in [0.2, 0.25) is 0 Å². The molecule has 0 aromatic heterocycles. The summed E-state index contributed by atoms with van der Waals surface area (Å²) in [6.07, 6.45) is 0. The second kappa shape index (κ2) is 5.75. The van der Waals surface area contributed by atoms with Gasteiger partial charge in [0.05, 0.1) is 7.11 Å². The maximum atomic E-state index is 14.0. The van der Waals surface area contributed by atoms with Crippen LogP contribution in [0.4, 0.5) is 22.0 Å². The topological polar surface area (TPSA) is 9.23 Å². The number of halogens is 5. The minimum atomic E-state index is -1.48. The summed E-state index contributed by atoms with van der Waals surface area (Å²) in [7, 11) is 1.85.